The summed E-state index contributed by atoms with van der Waals surface area (Å²) in [5.41, 5.74) is -0.0625. The minimum Gasteiger partial charge on any atom is -0.545 e. The van der Waals surface area contributed by atoms with Crippen molar-refractivity contribution in [1.82, 2.24) is 0 Å². The largest absolute Gasteiger partial charge is 1.00 e. The molecule has 1 aromatic rings. The Kier molecular flexibility index (Phi) is 6.92. The van der Waals surface area contributed by atoms with Crippen LogP contribution in [0.5, 0.6) is 11.5 Å². The van der Waals surface area contributed by atoms with Gasteiger partial charge in [0, 0.05) is 0 Å². The fourth-order valence-corrected chi connectivity index (χ4v) is 1.05. The molecule has 70 valence electrons. The molecule has 0 saturated heterocycles. The maximum absolute atomic E-state index is 10.7. The predicted molar refractivity (Wildman–Crippen MR) is 43.9 cm³/mol. The van der Waals surface area contributed by atoms with Crippen LogP contribution in [-0.4, -0.2) is 20.2 Å². The average molecular weight is 314 g/mol. The van der Waals surface area contributed by atoms with E-state index in [9.17, 15) is 9.90 Å². The smallest absolute Gasteiger partial charge is 0.545 e. The minimum atomic E-state index is -1.31. The molecule has 0 amide bonds. The summed E-state index contributed by atoms with van der Waals surface area (Å²) >= 11 is 0. The summed E-state index contributed by atoms with van der Waals surface area (Å²) in [7, 11) is 2.78. The van der Waals surface area contributed by atoms with Crippen LogP contribution in [0.3, 0.4) is 0 Å². The average Bonchev–Trinajstić information content (AvgIpc) is 2.16. The molecule has 0 spiro atoms. The van der Waals surface area contributed by atoms with Crippen molar-refractivity contribution < 1.29 is 88.3 Å². The number of rotatable bonds is 3. The molecule has 0 aromatic heterocycles. The van der Waals surface area contributed by atoms with Crippen LogP contribution in [0.1, 0.15) is 10.4 Å². The fraction of sp³-hybridized carbons (Fsp3) is 0.222. The van der Waals surface area contributed by atoms with Gasteiger partial charge in [-0.05, 0) is 12.1 Å². The van der Waals surface area contributed by atoms with Gasteiger partial charge in [0.05, 0.1) is 25.8 Å². The fourth-order valence-electron chi connectivity index (χ4n) is 1.05. The summed E-state index contributed by atoms with van der Waals surface area (Å²) in [6.07, 6.45) is 0. The van der Waals surface area contributed by atoms with Crippen LogP contribution in [0.4, 0.5) is 0 Å². The summed E-state index contributed by atoms with van der Waals surface area (Å²) < 4.78 is 9.70. The number of carboxylic acids is 1. The van der Waals surface area contributed by atoms with E-state index in [1.54, 1.807) is 6.07 Å². The number of methoxy groups -OCH3 is 2. The Bertz CT molecular complexity index is 302. The van der Waals surface area contributed by atoms with E-state index in [1.165, 1.54) is 26.4 Å². The number of carbonyl (C=O) groups excluding carboxylic acids is 1. The summed E-state index contributed by atoms with van der Waals surface area (Å²) in [6, 6.07) is 4.71. The number of carbonyl (C=O) groups is 1. The monoisotopic (exact) mass is 314 g/mol. The van der Waals surface area contributed by atoms with Crippen molar-refractivity contribution in [1.29, 1.82) is 0 Å². The normalized spacial score (nSPS) is 8.71. The van der Waals surface area contributed by atoms with Crippen molar-refractivity contribution in [3.8, 4) is 11.5 Å². The third kappa shape index (κ3) is 3.18. The van der Waals surface area contributed by atoms with Gasteiger partial charge in [0.25, 0.3) is 0 Å². The minimum absolute atomic E-state index is 0. The first-order valence-electron chi connectivity index (χ1n) is 3.63. The van der Waals surface area contributed by atoms with Crippen LogP contribution in [0, 0.1) is 0 Å². The number of ether oxygens (including phenoxy) is 2. The van der Waals surface area contributed by atoms with Crippen molar-refractivity contribution in [2.24, 2.45) is 0 Å². The Morgan fingerprint density at radius 2 is 1.64 bits per heavy atom. The van der Waals surface area contributed by atoms with Crippen molar-refractivity contribution in [3.05, 3.63) is 23.8 Å². The number of carboxylic acid groups (broad SMARTS) is 1. The number of hydrogen-bond acceptors (Lipinski definition) is 4. The molecule has 0 bridgehead atoms. The molecule has 5 heteroatoms. The first kappa shape index (κ1) is 14.3. The van der Waals surface area contributed by atoms with E-state index in [2.05, 4.69) is 0 Å². The van der Waals surface area contributed by atoms with Gasteiger partial charge in [-0.1, -0.05) is 6.07 Å². The molecule has 0 aliphatic carbocycles. The summed E-state index contributed by atoms with van der Waals surface area (Å²) in [6.45, 7) is 0. The van der Waals surface area contributed by atoms with Gasteiger partial charge in [-0.2, -0.15) is 0 Å². The van der Waals surface area contributed by atoms with E-state index >= 15 is 0 Å². The number of benzene rings is 1. The zero-order valence-corrected chi connectivity index (χ0v) is 14.6. The Hall–Kier alpha value is 0.342. The second-order valence-electron chi connectivity index (χ2n) is 2.32. The topological polar surface area (TPSA) is 58.6 Å². The standard InChI is InChI=1S/C9H10O4.Cs/c1-12-6-4-3-5-7(13-2)8(6)9(10)11;/h3-5H,1-2H3,(H,10,11);/q;+1/p-1. The van der Waals surface area contributed by atoms with Crippen LogP contribution < -0.4 is 83.5 Å². The molecule has 1 rings (SSSR count). The molecule has 14 heavy (non-hydrogen) atoms. The molecule has 0 radical (unpaired) electrons. The Morgan fingerprint density at radius 3 is 1.93 bits per heavy atom. The zero-order chi connectivity index (χ0) is 9.84. The quantitative estimate of drug-likeness (QED) is 0.599. The molecular formula is C9H9CsO4. The van der Waals surface area contributed by atoms with E-state index in [4.69, 9.17) is 9.47 Å². The molecule has 4 nitrogen and oxygen atoms in total. The van der Waals surface area contributed by atoms with E-state index in [0.717, 1.165) is 0 Å². The Labute approximate surface area is 141 Å². The summed E-state index contributed by atoms with van der Waals surface area (Å²) in [5.74, 6) is -0.840. The zero-order valence-electron chi connectivity index (χ0n) is 8.37. The number of aromatic carboxylic acids is 1. The van der Waals surface area contributed by atoms with Gasteiger partial charge in [-0.15, -0.1) is 0 Å². The third-order valence-electron chi connectivity index (χ3n) is 1.63. The van der Waals surface area contributed by atoms with Crippen molar-refractivity contribution in [3.63, 3.8) is 0 Å². The van der Waals surface area contributed by atoms with E-state index in [0.29, 0.717) is 0 Å². The van der Waals surface area contributed by atoms with Crippen LogP contribution in [-0.2, 0) is 0 Å². The second-order valence-corrected chi connectivity index (χ2v) is 2.32. The molecule has 0 N–H and O–H groups in total. The van der Waals surface area contributed by atoms with E-state index < -0.39 is 5.97 Å². The van der Waals surface area contributed by atoms with Gasteiger partial charge in [-0.3, -0.25) is 0 Å². The van der Waals surface area contributed by atoms with E-state index in [-0.39, 0.29) is 86.0 Å². The summed E-state index contributed by atoms with van der Waals surface area (Å²) in [4.78, 5) is 10.7. The van der Waals surface area contributed by atoms with Gasteiger partial charge in [-0.25, -0.2) is 0 Å². The SMILES string of the molecule is COc1cccc(OC)c1C(=O)[O-].[Cs+]. The van der Waals surface area contributed by atoms with Crippen LogP contribution in [0.2, 0.25) is 0 Å². The molecule has 0 fully saturated rings. The maximum atomic E-state index is 10.7. The molecular weight excluding hydrogens is 305 g/mol. The first-order valence-corrected chi connectivity index (χ1v) is 3.63. The van der Waals surface area contributed by atoms with Gasteiger partial charge in [0.2, 0.25) is 0 Å². The van der Waals surface area contributed by atoms with Gasteiger partial charge in [0.15, 0.2) is 0 Å². The number of hydrogen-bond donors (Lipinski definition) is 0. The van der Waals surface area contributed by atoms with Gasteiger partial charge in [0.1, 0.15) is 11.5 Å². The van der Waals surface area contributed by atoms with Crippen molar-refractivity contribution in [2.45, 2.75) is 0 Å². The Morgan fingerprint density at radius 1 is 1.21 bits per heavy atom. The first-order chi connectivity index (χ1) is 6.20. The molecule has 1 aromatic carbocycles. The van der Waals surface area contributed by atoms with Crippen LogP contribution in [0.25, 0.3) is 0 Å². The van der Waals surface area contributed by atoms with Gasteiger partial charge >= 0.3 is 68.9 Å². The van der Waals surface area contributed by atoms with Crippen molar-refractivity contribution in [2.75, 3.05) is 14.2 Å². The molecule has 0 unspecified atom stereocenters. The third-order valence-corrected chi connectivity index (χ3v) is 1.63. The van der Waals surface area contributed by atoms with Crippen LogP contribution in [0.15, 0.2) is 18.2 Å². The van der Waals surface area contributed by atoms with E-state index in [1.807, 2.05) is 0 Å². The van der Waals surface area contributed by atoms with Gasteiger partial charge < -0.3 is 19.4 Å². The Balaban J connectivity index is 0.00000169. The van der Waals surface area contributed by atoms with Crippen molar-refractivity contribution >= 4 is 5.97 Å². The molecule has 0 aliphatic rings. The predicted octanol–water partition coefficient (Wildman–Crippen LogP) is -2.93. The molecule has 0 saturated carbocycles. The van der Waals surface area contributed by atoms with Crippen LogP contribution >= 0.6 is 0 Å². The molecule has 0 heterocycles. The second kappa shape index (κ2) is 6.76. The summed E-state index contributed by atoms with van der Waals surface area (Å²) in [5, 5.41) is 10.7. The molecule has 0 atom stereocenters. The maximum Gasteiger partial charge on any atom is 1.00 e. The molecule has 0 aliphatic heterocycles.